The largest absolute Gasteiger partial charge is 0.370 e. The zero-order valence-corrected chi connectivity index (χ0v) is 14.8. The van der Waals surface area contributed by atoms with Crippen molar-refractivity contribution >= 4 is 30.6 Å². The zero-order valence-electron chi connectivity index (χ0n) is 14.8. The number of rotatable bonds is 9. The first-order valence-corrected chi connectivity index (χ1v) is 8.70. The van der Waals surface area contributed by atoms with Crippen molar-refractivity contribution in [3.63, 3.8) is 0 Å². The van der Waals surface area contributed by atoms with E-state index in [9.17, 15) is 0 Å². The molecule has 0 atom stereocenters. The molecule has 0 bridgehead atoms. The topological polar surface area (TPSA) is 79.2 Å². The second kappa shape index (κ2) is 8.48. The van der Waals surface area contributed by atoms with Crippen LogP contribution in [0.15, 0.2) is 36.8 Å². The van der Waals surface area contributed by atoms with Gasteiger partial charge in [-0.25, -0.2) is 4.98 Å². The van der Waals surface area contributed by atoms with E-state index in [4.69, 9.17) is 0 Å². The van der Waals surface area contributed by atoms with Gasteiger partial charge in [0.1, 0.15) is 19.5 Å². The predicted octanol–water partition coefficient (Wildman–Crippen LogP) is 0.406. The lowest BCUT2D eigenvalue weighted by Gasteiger charge is -2.12. The summed E-state index contributed by atoms with van der Waals surface area (Å²) in [5, 5.41) is 14.6. The van der Waals surface area contributed by atoms with Crippen LogP contribution >= 0.6 is 0 Å². The highest BCUT2D eigenvalue weighted by molar-refractivity contribution is 6.36. The molecule has 0 amide bonds. The first-order chi connectivity index (χ1) is 12.3. The Morgan fingerprint density at radius 2 is 2.12 bits per heavy atom. The molecular weight excluding hydrogens is 313 g/mol. The van der Waals surface area contributed by atoms with Crippen molar-refractivity contribution in [2.24, 2.45) is 0 Å². The molecule has 0 spiro atoms. The standard InChI is InChI=1S/C17H24BN7/c1-2-19-7-4-8-21-15-9-16(22-11-13-5-3-6-20-10-13)25-17(24-15)14(18)12-23-25/h3,5-6,9-10,12,19,22H,2,4,7-8,11,18H2,1H3,(H,21,24). The molecule has 0 aliphatic heterocycles. The molecule has 0 fully saturated rings. The first-order valence-electron chi connectivity index (χ1n) is 8.70. The van der Waals surface area contributed by atoms with Gasteiger partial charge in [-0.05, 0) is 36.6 Å². The maximum atomic E-state index is 4.68. The highest BCUT2D eigenvalue weighted by atomic mass is 15.3. The number of hydrogen-bond acceptors (Lipinski definition) is 6. The molecule has 0 aliphatic rings. The summed E-state index contributed by atoms with van der Waals surface area (Å²) in [7, 11) is 2.02. The Labute approximate surface area is 148 Å². The number of anilines is 2. The van der Waals surface area contributed by atoms with Crippen molar-refractivity contribution in [3.8, 4) is 0 Å². The number of fused-ring (bicyclic) bond motifs is 1. The minimum Gasteiger partial charge on any atom is -0.370 e. The molecule has 8 heteroatoms. The molecule has 7 nitrogen and oxygen atoms in total. The lowest BCUT2D eigenvalue weighted by molar-refractivity contribution is 0.688. The third kappa shape index (κ3) is 4.48. The molecule has 3 heterocycles. The van der Waals surface area contributed by atoms with Crippen LogP contribution in [0.1, 0.15) is 18.9 Å². The van der Waals surface area contributed by atoms with Gasteiger partial charge in [-0.15, -0.1) is 0 Å². The van der Waals surface area contributed by atoms with E-state index in [0.29, 0.717) is 6.54 Å². The average molecular weight is 337 g/mol. The van der Waals surface area contributed by atoms with Gasteiger partial charge in [0.15, 0.2) is 5.65 Å². The lowest BCUT2D eigenvalue weighted by Crippen LogP contribution is -2.18. The van der Waals surface area contributed by atoms with Crippen molar-refractivity contribution in [2.45, 2.75) is 19.9 Å². The highest BCUT2D eigenvalue weighted by Crippen LogP contribution is 2.15. The molecule has 3 aromatic rings. The summed E-state index contributed by atoms with van der Waals surface area (Å²) < 4.78 is 1.84. The van der Waals surface area contributed by atoms with Crippen LogP contribution in [0.3, 0.4) is 0 Å². The number of nitrogens with zero attached hydrogens (tertiary/aromatic N) is 4. The Morgan fingerprint density at radius 3 is 2.92 bits per heavy atom. The molecule has 3 rings (SSSR count). The second-order valence-electron chi connectivity index (χ2n) is 5.94. The van der Waals surface area contributed by atoms with Gasteiger partial charge in [0.25, 0.3) is 0 Å². The number of pyridine rings is 1. The number of nitrogens with one attached hydrogen (secondary N) is 3. The van der Waals surface area contributed by atoms with Crippen LogP contribution in [0.25, 0.3) is 5.65 Å². The van der Waals surface area contributed by atoms with Crippen molar-refractivity contribution in [1.29, 1.82) is 0 Å². The van der Waals surface area contributed by atoms with Gasteiger partial charge in [-0.3, -0.25) is 4.98 Å². The summed E-state index contributed by atoms with van der Waals surface area (Å²) in [6, 6.07) is 5.99. The highest BCUT2D eigenvalue weighted by Gasteiger charge is 2.09. The summed E-state index contributed by atoms with van der Waals surface area (Å²) >= 11 is 0. The Kier molecular flexibility index (Phi) is 5.84. The lowest BCUT2D eigenvalue weighted by atomic mass is 10.0. The molecule has 0 saturated carbocycles. The van der Waals surface area contributed by atoms with Crippen LogP contribution in [0.5, 0.6) is 0 Å². The van der Waals surface area contributed by atoms with Crippen LogP contribution in [-0.2, 0) is 6.54 Å². The van der Waals surface area contributed by atoms with Crippen molar-refractivity contribution < 1.29 is 0 Å². The van der Waals surface area contributed by atoms with Gasteiger partial charge in [0, 0.05) is 37.7 Å². The van der Waals surface area contributed by atoms with E-state index in [1.165, 1.54) is 0 Å². The van der Waals surface area contributed by atoms with E-state index in [1.807, 2.05) is 43.0 Å². The van der Waals surface area contributed by atoms with Crippen LogP contribution < -0.4 is 21.4 Å². The maximum absolute atomic E-state index is 4.68. The number of aromatic nitrogens is 4. The SMILES string of the molecule is Bc1cnn2c(NCc3cccnc3)cc(NCCCNCC)nc12. The van der Waals surface area contributed by atoms with Gasteiger partial charge in [-0.2, -0.15) is 9.61 Å². The third-order valence-corrected chi connectivity index (χ3v) is 3.93. The van der Waals surface area contributed by atoms with E-state index in [-0.39, 0.29) is 0 Å². The average Bonchev–Trinajstić information content (AvgIpc) is 3.02. The molecule has 0 radical (unpaired) electrons. The fourth-order valence-corrected chi connectivity index (χ4v) is 2.59. The monoisotopic (exact) mass is 337 g/mol. The summed E-state index contributed by atoms with van der Waals surface area (Å²) in [4.78, 5) is 8.84. The van der Waals surface area contributed by atoms with E-state index in [2.05, 4.69) is 37.9 Å². The van der Waals surface area contributed by atoms with Crippen LogP contribution in [0.4, 0.5) is 11.6 Å². The Hall–Kier alpha value is -2.61. The molecule has 0 aromatic carbocycles. The van der Waals surface area contributed by atoms with Crippen LogP contribution in [-0.4, -0.2) is 47.1 Å². The van der Waals surface area contributed by atoms with E-state index in [1.54, 1.807) is 6.20 Å². The number of hydrogen-bond donors (Lipinski definition) is 3. The molecule has 0 aliphatic carbocycles. The Bertz CT molecular complexity index is 803. The van der Waals surface area contributed by atoms with Gasteiger partial charge in [0.05, 0.1) is 0 Å². The van der Waals surface area contributed by atoms with Gasteiger partial charge in [0.2, 0.25) is 0 Å². The Balaban J connectivity index is 1.73. The van der Waals surface area contributed by atoms with E-state index < -0.39 is 0 Å². The van der Waals surface area contributed by atoms with Crippen LogP contribution in [0.2, 0.25) is 0 Å². The fourth-order valence-electron chi connectivity index (χ4n) is 2.59. The first kappa shape index (κ1) is 17.2. The summed E-state index contributed by atoms with van der Waals surface area (Å²) in [5.74, 6) is 1.78. The molecule has 3 N–H and O–H groups in total. The van der Waals surface area contributed by atoms with Gasteiger partial charge < -0.3 is 16.0 Å². The van der Waals surface area contributed by atoms with Crippen molar-refractivity contribution in [2.75, 3.05) is 30.3 Å². The second-order valence-corrected chi connectivity index (χ2v) is 5.94. The molecule has 0 unspecified atom stereocenters. The summed E-state index contributed by atoms with van der Waals surface area (Å²) in [5.41, 5.74) is 3.04. The third-order valence-electron chi connectivity index (χ3n) is 3.93. The molecule has 0 saturated heterocycles. The minimum atomic E-state index is 0.686. The van der Waals surface area contributed by atoms with Crippen LogP contribution in [0, 0.1) is 0 Å². The molecular formula is C17H24BN7. The summed E-state index contributed by atoms with van der Waals surface area (Å²) in [6.45, 7) is 5.69. The van der Waals surface area contributed by atoms with Gasteiger partial charge in [-0.1, -0.05) is 13.0 Å². The van der Waals surface area contributed by atoms with Crippen molar-refractivity contribution in [1.82, 2.24) is 24.9 Å². The molecule has 130 valence electrons. The smallest absolute Gasteiger partial charge is 0.153 e. The van der Waals surface area contributed by atoms with E-state index in [0.717, 1.165) is 54.4 Å². The Morgan fingerprint density at radius 1 is 1.20 bits per heavy atom. The predicted molar refractivity (Wildman–Crippen MR) is 104 cm³/mol. The molecule has 3 aromatic heterocycles. The van der Waals surface area contributed by atoms with Gasteiger partial charge >= 0.3 is 0 Å². The zero-order chi connectivity index (χ0) is 17.5. The van der Waals surface area contributed by atoms with E-state index >= 15 is 0 Å². The minimum absolute atomic E-state index is 0.686. The summed E-state index contributed by atoms with van der Waals surface area (Å²) in [6.07, 6.45) is 6.53. The molecule has 25 heavy (non-hydrogen) atoms. The van der Waals surface area contributed by atoms with Crippen molar-refractivity contribution in [3.05, 3.63) is 42.4 Å². The normalized spacial score (nSPS) is 10.9. The fraction of sp³-hybridized carbons (Fsp3) is 0.353. The maximum Gasteiger partial charge on any atom is 0.153 e. The quantitative estimate of drug-likeness (QED) is 0.388.